The predicted molar refractivity (Wildman–Crippen MR) is 90.6 cm³/mol. The van der Waals surface area contributed by atoms with Gasteiger partial charge in [-0.05, 0) is 25.1 Å². The van der Waals surface area contributed by atoms with Crippen LogP contribution in [0.5, 0.6) is 5.88 Å². The molecule has 0 radical (unpaired) electrons. The van der Waals surface area contributed by atoms with E-state index in [1.807, 2.05) is 25.1 Å². The standard InChI is InChI=1S/C18H15N3O3/c1-11-10-21(15-7-4-8-19-17(15)24-11)18(23)13-9-16(22)20-14-6-3-2-5-12(13)14/h2-9,11H,10H2,1H3,(H,20,22)/t11-/m0/s1. The van der Waals surface area contributed by atoms with Crippen molar-refractivity contribution in [1.82, 2.24) is 9.97 Å². The molecule has 4 rings (SSSR count). The van der Waals surface area contributed by atoms with Crippen LogP contribution in [0.4, 0.5) is 5.69 Å². The molecule has 120 valence electrons. The normalized spacial score (nSPS) is 16.5. The number of hydrogen-bond acceptors (Lipinski definition) is 4. The Kier molecular flexibility index (Phi) is 3.30. The van der Waals surface area contributed by atoms with Crippen molar-refractivity contribution in [3.63, 3.8) is 0 Å². The summed E-state index contributed by atoms with van der Waals surface area (Å²) in [4.78, 5) is 33.7. The van der Waals surface area contributed by atoms with Gasteiger partial charge in [0.15, 0.2) is 0 Å². The Hall–Kier alpha value is -3.15. The summed E-state index contributed by atoms with van der Waals surface area (Å²) in [5, 5.41) is 0.715. The Balaban J connectivity index is 1.87. The van der Waals surface area contributed by atoms with E-state index in [1.54, 1.807) is 29.3 Å². The monoisotopic (exact) mass is 321 g/mol. The van der Waals surface area contributed by atoms with Gasteiger partial charge in [-0.3, -0.25) is 14.5 Å². The minimum Gasteiger partial charge on any atom is -0.471 e. The van der Waals surface area contributed by atoms with E-state index in [4.69, 9.17) is 4.74 Å². The first-order valence-corrected chi connectivity index (χ1v) is 7.69. The van der Waals surface area contributed by atoms with Gasteiger partial charge in [0, 0.05) is 23.2 Å². The smallest absolute Gasteiger partial charge is 0.259 e. The van der Waals surface area contributed by atoms with Gasteiger partial charge >= 0.3 is 0 Å². The molecule has 3 heterocycles. The number of amides is 1. The van der Waals surface area contributed by atoms with Crippen molar-refractivity contribution in [2.45, 2.75) is 13.0 Å². The van der Waals surface area contributed by atoms with Crippen LogP contribution >= 0.6 is 0 Å². The van der Waals surface area contributed by atoms with E-state index < -0.39 is 0 Å². The molecule has 0 unspecified atom stereocenters. The molecule has 6 nitrogen and oxygen atoms in total. The molecular weight excluding hydrogens is 306 g/mol. The van der Waals surface area contributed by atoms with Crippen LogP contribution in [-0.4, -0.2) is 28.5 Å². The molecule has 3 aromatic rings. The molecule has 1 N–H and O–H groups in total. The number of anilines is 1. The first-order valence-electron chi connectivity index (χ1n) is 7.69. The summed E-state index contributed by atoms with van der Waals surface area (Å²) in [5.74, 6) is 0.195. The zero-order valence-corrected chi connectivity index (χ0v) is 13.0. The molecule has 0 fully saturated rings. The zero-order valence-electron chi connectivity index (χ0n) is 13.0. The highest BCUT2D eigenvalue weighted by Gasteiger charge is 2.30. The van der Waals surface area contributed by atoms with E-state index in [0.29, 0.717) is 34.6 Å². The van der Waals surface area contributed by atoms with Gasteiger partial charge in [0.05, 0.1) is 12.1 Å². The number of rotatable bonds is 1. The highest BCUT2D eigenvalue weighted by Crippen LogP contribution is 2.32. The number of nitrogens with zero attached hydrogens (tertiary/aromatic N) is 2. The van der Waals surface area contributed by atoms with E-state index in [-0.39, 0.29) is 17.6 Å². The number of carbonyl (C=O) groups excluding carboxylic acids is 1. The number of pyridine rings is 2. The lowest BCUT2D eigenvalue weighted by atomic mass is 10.1. The minimum atomic E-state index is -0.301. The van der Waals surface area contributed by atoms with Crippen LogP contribution in [-0.2, 0) is 0 Å². The molecule has 0 aliphatic carbocycles. The molecule has 0 spiro atoms. The molecule has 1 aliphatic heterocycles. The molecule has 2 aromatic heterocycles. The number of benzene rings is 1. The fourth-order valence-corrected chi connectivity index (χ4v) is 2.98. The second-order valence-electron chi connectivity index (χ2n) is 5.76. The molecule has 1 aromatic carbocycles. The Morgan fingerprint density at radius 1 is 1.29 bits per heavy atom. The Morgan fingerprint density at radius 2 is 2.12 bits per heavy atom. The molecule has 0 saturated heterocycles. The molecule has 0 bridgehead atoms. The van der Waals surface area contributed by atoms with Gasteiger partial charge in [0.2, 0.25) is 11.4 Å². The van der Waals surface area contributed by atoms with Crippen LogP contribution < -0.4 is 15.2 Å². The highest BCUT2D eigenvalue weighted by atomic mass is 16.5. The number of nitrogens with one attached hydrogen (secondary N) is 1. The first-order chi connectivity index (χ1) is 11.6. The summed E-state index contributed by atoms with van der Waals surface area (Å²) >= 11 is 0. The summed E-state index contributed by atoms with van der Waals surface area (Å²) < 4.78 is 5.69. The van der Waals surface area contributed by atoms with Gasteiger partial charge < -0.3 is 9.72 Å². The molecular formula is C18H15N3O3. The van der Waals surface area contributed by atoms with Gasteiger partial charge in [0.1, 0.15) is 11.8 Å². The Morgan fingerprint density at radius 3 is 3.00 bits per heavy atom. The summed E-state index contributed by atoms with van der Waals surface area (Å²) in [6, 6.07) is 12.2. The van der Waals surface area contributed by atoms with Crippen LogP contribution in [0.2, 0.25) is 0 Å². The predicted octanol–water partition coefficient (Wildman–Crippen LogP) is 2.35. The Bertz CT molecular complexity index is 996. The number of ether oxygens (including phenoxy) is 1. The number of hydrogen-bond donors (Lipinski definition) is 1. The van der Waals surface area contributed by atoms with Crippen molar-refractivity contribution >= 4 is 22.5 Å². The van der Waals surface area contributed by atoms with E-state index in [1.165, 1.54) is 6.07 Å². The van der Waals surface area contributed by atoms with Crippen LogP contribution in [0.3, 0.4) is 0 Å². The average Bonchev–Trinajstić information content (AvgIpc) is 2.59. The van der Waals surface area contributed by atoms with Crippen molar-refractivity contribution < 1.29 is 9.53 Å². The molecule has 1 aliphatic rings. The lowest BCUT2D eigenvalue weighted by molar-refractivity contribution is 0.0960. The number of aromatic nitrogens is 2. The minimum absolute atomic E-state index is 0.176. The number of para-hydroxylation sites is 1. The largest absolute Gasteiger partial charge is 0.471 e. The van der Waals surface area contributed by atoms with Crippen LogP contribution in [0.1, 0.15) is 17.3 Å². The second-order valence-corrected chi connectivity index (χ2v) is 5.76. The quantitative estimate of drug-likeness (QED) is 0.746. The van der Waals surface area contributed by atoms with Crippen molar-refractivity contribution in [3.8, 4) is 5.88 Å². The van der Waals surface area contributed by atoms with Crippen molar-refractivity contribution in [2.75, 3.05) is 11.4 Å². The molecule has 1 amide bonds. The van der Waals surface area contributed by atoms with Gasteiger partial charge in [-0.2, -0.15) is 0 Å². The fraction of sp³-hybridized carbons (Fsp3) is 0.167. The van der Waals surface area contributed by atoms with E-state index in [2.05, 4.69) is 9.97 Å². The van der Waals surface area contributed by atoms with Crippen LogP contribution in [0, 0.1) is 0 Å². The van der Waals surface area contributed by atoms with E-state index in [0.717, 1.165) is 0 Å². The zero-order chi connectivity index (χ0) is 16.7. The number of fused-ring (bicyclic) bond motifs is 2. The van der Waals surface area contributed by atoms with Crippen molar-refractivity contribution in [2.24, 2.45) is 0 Å². The molecule has 0 saturated carbocycles. The van der Waals surface area contributed by atoms with E-state index >= 15 is 0 Å². The lowest BCUT2D eigenvalue weighted by Gasteiger charge is -2.32. The van der Waals surface area contributed by atoms with Crippen molar-refractivity contribution in [3.05, 3.63) is 64.6 Å². The first kappa shape index (κ1) is 14.4. The molecule has 6 heteroatoms. The van der Waals surface area contributed by atoms with E-state index in [9.17, 15) is 9.59 Å². The maximum Gasteiger partial charge on any atom is 0.259 e. The van der Waals surface area contributed by atoms with Crippen LogP contribution in [0.15, 0.2) is 53.5 Å². The summed E-state index contributed by atoms with van der Waals surface area (Å²) in [5.41, 5.74) is 1.33. The highest BCUT2D eigenvalue weighted by molar-refractivity contribution is 6.14. The number of aromatic amines is 1. The maximum absolute atomic E-state index is 13.2. The van der Waals surface area contributed by atoms with Crippen molar-refractivity contribution in [1.29, 1.82) is 0 Å². The van der Waals surface area contributed by atoms with Gasteiger partial charge in [-0.1, -0.05) is 18.2 Å². The third-order valence-corrected chi connectivity index (χ3v) is 4.02. The Labute approximate surface area is 137 Å². The lowest BCUT2D eigenvalue weighted by Crippen LogP contribution is -2.43. The van der Waals surface area contributed by atoms with Gasteiger partial charge in [-0.15, -0.1) is 0 Å². The van der Waals surface area contributed by atoms with Crippen LogP contribution in [0.25, 0.3) is 10.9 Å². The fourth-order valence-electron chi connectivity index (χ4n) is 2.98. The summed E-state index contributed by atoms with van der Waals surface area (Å²) in [6.45, 7) is 2.28. The summed E-state index contributed by atoms with van der Waals surface area (Å²) in [7, 11) is 0. The third-order valence-electron chi connectivity index (χ3n) is 4.02. The second kappa shape index (κ2) is 5.49. The average molecular weight is 321 g/mol. The van der Waals surface area contributed by atoms with Gasteiger partial charge in [0.25, 0.3) is 5.91 Å². The summed E-state index contributed by atoms with van der Waals surface area (Å²) in [6.07, 6.45) is 1.45. The maximum atomic E-state index is 13.2. The topological polar surface area (TPSA) is 75.3 Å². The molecule has 24 heavy (non-hydrogen) atoms. The SMILES string of the molecule is C[C@H]1CN(C(=O)c2cc(=O)[nH]c3ccccc23)c2cccnc2O1. The number of carbonyl (C=O) groups is 1. The number of H-pyrrole nitrogens is 1. The van der Waals surface area contributed by atoms with Gasteiger partial charge in [-0.25, -0.2) is 4.98 Å². The molecule has 1 atom stereocenters. The third kappa shape index (κ3) is 2.32.